The van der Waals surface area contributed by atoms with Crippen LogP contribution in [-0.4, -0.2) is 35.5 Å². The molecule has 0 saturated carbocycles. The molecule has 0 bridgehead atoms. The van der Waals surface area contributed by atoms with Gasteiger partial charge in [-0.2, -0.15) is 0 Å². The molecule has 0 saturated heterocycles. The van der Waals surface area contributed by atoms with Crippen LogP contribution in [0.5, 0.6) is 5.75 Å². The molecule has 2 aromatic carbocycles. The highest BCUT2D eigenvalue weighted by atomic mass is 35.5. The predicted molar refractivity (Wildman–Crippen MR) is 106 cm³/mol. The molecule has 1 amide bonds. The second-order valence-electron chi connectivity index (χ2n) is 6.44. The third-order valence-corrected chi connectivity index (χ3v) is 4.56. The predicted octanol–water partition coefficient (Wildman–Crippen LogP) is 4.80. The van der Waals surface area contributed by atoms with Crippen molar-refractivity contribution in [1.82, 2.24) is 9.88 Å². The third-order valence-electron chi connectivity index (χ3n) is 4.35. The van der Waals surface area contributed by atoms with Gasteiger partial charge in [0.1, 0.15) is 5.75 Å². The van der Waals surface area contributed by atoms with Crippen molar-refractivity contribution in [3.63, 3.8) is 0 Å². The van der Waals surface area contributed by atoms with Crippen LogP contribution in [0.25, 0.3) is 22.0 Å². The Labute approximate surface area is 158 Å². The van der Waals surface area contributed by atoms with Crippen LogP contribution in [0.15, 0.2) is 54.7 Å². The molecule has 0 N–H and O–H groups in total. The standard InChI is InChI=1S/C21H21ClN2O2/c1-14(2)24(3)20(25)13-26-18-11-16(10-17(22)12-18)19-8-4-6-15-7-5-9-23-21(15)19/h4-12,14H,13H2,1-3H3. The zero-order chi connectivity index (χ0) is 18.7. The van der Waals surface area contributed by atoms with Crippen molar-refractivity contribution in [2.24, 2.45) is 0 Å². The normalized spacial score (nSPS) is 11.0. The third kappa shape index (κ3) is 3.97. The Morgan fingerprint density at radius 1 is 1.19 bits per heavy atom. The van der Waals surface area contributed by atoms with Gasteiger partial charge in [0.25, 0.3) is 5.91 Å². The number of likely N-dealkylation sites (N-methyl/N-ethyl adjacent to an activating group) is 1. The molecule has 4 nitrogen and oxygen atoms in total. The summed E-state index contributed by atoms with van der Waals surface area (Å²) in [6, 6.07) is 15.6. The summed E-state index contributed by atoms with van der Waals surface area (Å²) in [6.07, 6.45) is 1.77. The number of pyridine rings is 1. The molecule has 0 spiro atoms. The maximum Gasteiger partial charge on any atom is 0.260 e. The van der Waals surface area contributed by atoms with E-state index in [1.807, 2.05) is 56.3 Å². The first kappa shape index (κ1) is 18.2. The number of fused-ring (bicyclic) bond motifs is 1. The Balaban J connectivity index is 1.89. The molecule has 1 aromatic heterocycles. The van der Waals surface area contributed by atoms with Gasteiger partial charge in [-0.3, -0.25) is 9.78 Å². The van der Waals surface area contributed by atoms with E-state index in [0.717, 1.165) is 22.0 Å². The lowest BCUT2D eigenvalue weighted by molar-refractivity contribution is -0.133. The number of carbonyl (C=O) groups is 1. The smallest absolute Gasteiger partial charge is 0.260 e. The fourth-order valence-corrected chi connectivity index (χ4v) is 2.90. The van der Waals surface area contributed by atoms with E-state index < -0.39 is 0 Å². The van der Waals surface area contributed by atoms with E-state index in [1.54, 1.807) is 24.2 Å². The molecule has 0 fully saturated rings. The molecular formula is C21H21ClN2O2. The van der Waals surface area contributed by atoms with Gasteiger partial charge in [0.05, 0.1) is 5.52 Å². The molecule has 0 aliphatic heterocycles. The number of hydrogen-bond acceptors (Lipinski definition) is 3. The Morgan fingerprint density at radius 3 is 2.73 bits per heavy atom. The number of rotatable bonds is 5. The molecule has 3 rings (SSSR count). The van der Waals surface area contributed by atoms with Gasteiger partial charge in [0.15, 0.2) is 6.61 Å². The molecule has 0 radical (unpaired) electrons. The number of para-hydroxylation sites is 1. The molecule has 0 atom stereocenters. The van der Waals surface area contributed by atoms with Gasteiger partial charge in [-0.1, -0.05) is 35.9 Å². The molecule has 26 heavy (non-hydrogen) atoms. The Morgan fingerprint density at radius 2 is 1.96 bits per heavy atom. The summed E-state index contributed by atoms with van der Waals surface area (Å²) >= 11 is 6.28. The van der Waals surface area contributed by atoms with Gasteiger partial charge in [0, 0.05) is 35.3 Å². The summed E-state index contributed by atoms with van der Waals surface area (Å²) in [5, 5.41) is 1.61. The molecule has 3 aromatic rings. The number of ether oxygens (including phenoxy) is 1. The Bertz CT molecular complexity index is 935. The van der Waals surface area contributed by atoms with Crippen LogP contribution in [0, 0.1) is 0 Å². The number of nitrogens with zero attached hydrogens (tertiary/aromatic N) is 2. The van der Waals surface area contributed by atoms with Crippen molar-refractivity contribution in [3.05, 3.63) is 59.8 Å². The van der Waals surface area contributed by atoms with E-state index in [-0.39, 0.29) is 18.6 Å². The molecule has 5 heteroatoms. The average molecular weight is 369 g/mol. The molecular weight excluding hydrogens is 348 g/mol. The summed E-state index contributed by atoms with van der Waals surface area (Å²) in [7, 11) is 1.77. The summed E-state index contributed by atoms with van der Waals surface area (Å²) in [6.45, 7) is 3.90. The van der Waals surface area contributed by atoms with Gasteiger partial charge in [-0.25, -0.2) is 0 Å². The molecule has 1 heterocycles. The number of aromatic nitrogens is 1. The van der Waals surface area contributed by atoms with Crippen molar-refractivity contribution in [1.29, 1.82) is 0 Å². The van der Waals surface area contributed by atoms with Crippen molar-refractivity contribution in [2.75, 3.05) is 13.7 Å². The van der Waals surface area contributed by atoms with E-state index in [0.29, 0.717) is 10.8 Å². The highest BCUT2D eigenvalue weighted by Gasteiger charge is 2.13. The first-order valence-corrected chi connectivity index (χ1v) is 8.86. The highest BCUT2D eigenvalue weighted by molar-refractivity contribution is 6.31. The summed E-state index contributed by atoms with van der Waals surface area (Å²) in [5.41, 5.74) is 2.78. The van der Waals surface area contributed by atoms with E-state index in [4.69, 9.17) is 16.3 Å². The quantitative estimate of drug-likeness (QED) is 0.649. The summed E-state index contributed by atoms with van der Waals surface area (Å²) < 4.78 is 5.70. The van der Waals surface area contributed by atoms with Gasteiger partial charge in [-0.05, 0) is 43.7 Å². The Kier molecular flexibility index (Phi) is 5.43. The first-order chi connectivity index (χ1) is 12.5. The van der Waals surface area contributed by atoms with Crippen LogP contribution in [0.4, 0.5) is 0 Å². The van der Waals surface area contributed by atoms with E-state index in [1.165, 1.54) is 0 Å². The van der Waals surface area contributed by atoms with E-state index >= 15 is 0 Å². The van der Waals surface area contributed by atoms with Gasteiger partial charge >= 0.3 is 0 Å². The number of carbonyl (C=O) groups excluding carboxylic acids is 1. The van der Waals surface area contributed by atoms with Gasteiger partial charge in [-0.15, -0.1) is 0 Å². The van der Waals surface area contributed by atoms with Crippen LogP contribution >= 0.6 is 11.6 Å². The first-order valence-electron chi connectivity index (χ1n) is 8.49. The van der Waals surface area contributed by atoms with Crippen LogP contribution in [0.1, 0.15) is 13.8 Å². The van der Waals surface area contributed by atoms with Crippen LogP contribution < -0.4 is 4.74 Å². The Hall–Kier alpha value is -2.59. The van der Waals surface area contributed by atoms with Gasteiger partial charge < -0.3 is 9.64 Å². The second kappa shape index (κ2) is 7.75. The minimum absolute atomic E-state index is 0.0255. The lowest BCUT2D eigenvalue weighted by Gasteiger charge is -2.21. The van der Waals surface area contributed by atoms with E-state index in [9.17, 15) is 4.79 Å². The van der Waals surface area contributed by atoms with Crippen molar-refractivity contribution in [3.8, 4) is 16.9 Å². The zero-order valence-electron chi connectivity index (χ0n) is 15.1. The topological polar surface area (TPSA) is 42.4 Å². The van der Waals surface area contributed by atoms with Crippen molar-refractivity contribution in [2.45, 2.75) is 19.9 Å². The zero-order valence-corrected chi connectivity index (χ0v) is 15.8. The SMILES string of the molecule is CC(C)N(C)C(=O)COc1cc(Cl)cc(-c2cccc3cccnc23)c1. The molecule has 0 unspecified atom stereocenters. The van der Waals surface area contributed by atoms with Crippen LogP contribution in [0.2, 0.25) is 5.02 Å². The molecule has 0 aliphatic rings. The number of amides is 1. The minimum atomic E-state index is -0.0756. The van der Waals surface area contributed by atoms with Gasteiger partial charge in [0.2, 0.25) is 0 Å². The maximum atomic E-state index is 12.1. The van der Waals surface area contributed by atoms with Crippen LogP contribution in [0.3, 0.4) is 0 Å². The second-order valence-corrected chi connectivity index (χ2v) is 6.88. The highest BCUT2D eigenvalue weighted by Crippen LogP contribution is 2.32. The monoisotopic (exact) mass is 368 g/mol. The number of hydrogen-bond donors (Lipinski definition) is 0. The van der Waals surface area contributed by atoms with E-state index in [2.05, 4.69) is 4.98 Å². The molecule has 134 valence electrons. The average Bonchev–Trinajstić information content (AvgIpc) is 2.64. The fraction of sp³-hybridized carbons (Fsp3) is 0.238. The lowest BCUT2D eigenvalue weighted by Crippen LogP contribution is -2.36. The van der Waals surface area contributed by atoms with Crippen LogP contribution in [-0.2, 0) is 4.79 Å². The summed E-state index contributed by atoms with van der Waals surface area (Å²) in [5.74, 6) is 0.485. The number of halogens is 1. The maximum absolute atomic E-state index is 12.1. The minimum Gasteiger partial charge on any atom is -0.484 e. The summed E-state index contributed by atoms with van der Waals surface area (Å²) in [4.78, 5) is 18.3. The molecule has 0 aliphatic carbocycles. The van der Waals surface area contributed by atoms with Crippen molar-refractivity contribution < 1.29 is 9.53 Å². The largest absolute Gasteiger partial charge is 0.484 e. The van der Waals surface area contributed by atoms with Crippen molar-refractivity contribution >= 4 is 28.4 Å². The lowest BCUT2D eigenvalue weighted by atomic mass is 10.0. The fourth-order valence-electron chi connectivity index (χ4n) is 2.67. The number of benzene rings is 2.